The third kappa shape index (κ3) is 4.98. The summed E-state index contributed by atoms with van der Waals surface area (Å²) in [5.41, 5.74) is 0.932. The molecule has 1 fully saturated rings. The average Bonchev–Trinajstić information content (AvgIpc) is 3.13. The molecule has 0 spiro atoms. The van der Waals surface area contributed by atoms with E-state index in [0.29, 0.717) is 13.0 Å². The number of ether oxygens (including phenoxy) is 1. The van der Waals surface area contributed by atoms with Crippen LogP contribution in [0, 0.1) is 5.92 Å². The fraction of sp³-hybridized carbons (Fsp3) is 0.500. The third-order valence-electron chi connectivity index (χ3n) is 5.23. The van der Waals surface area contributed by atoms with Crippen LogP contribution in [0.4, 0.5) is 0 Å². The lowest BCUT2D eigenvalue weighted by Gasteiger charge is -2.32. The van der Waals surface area contributed by atoms with Gasteiger partial charge in [-0.3, -0.25) is 9.59 Å². The van der Waals surface area contributed by atoms with Crippen LogP contribution in [0.1, 0.15) is 50.0 Å². The molecular weight excluding hydrogens is 372 g/mol. The predicted molar refractivity (Wildman–Crippen MR) is 112 cm³/mol. The maximum Gasteiger partial charge on any atom is 0.302 e. The lowest BCUT2D eigenvalue weighted by atomic mass is 9.87. The molecule has 1 amide bonds. The first-order valence-corrected chi connectivity index (χ1v) is 10.8. The summed E-state index contributed by atoms with van der Waals surface area (Å²) in [6.07, 6.45) is 6.60. The van der Waals surface area contributed by atoms with Gasteiger partial charge in [0.1, 0.15) is 5.01 Å². The van der Waals surface area contributed by atoms with Crippen molar-refractivity contribution in [2.45, 2.75) is 44.9 Å². The number of piperidine rings is 1. The summed E-state index contributed by atoms with van der Waals surface area (Å²) >= 11 is 1.59. The van der Waals surface area contributed by atoms with Gasteiger partial charge in [-0.15, -0.1) is 17.9 Å². The number of hydrogen-bond acceptors (Lipinski definition) is 5. The number of esters is 1. The predicted octanol–water partition coefficient (Wildman–Crippen LogP) is 4.54. The van der Waals surface area contributed by atoms with Crippen molar-refractivity contribution < 1.29 is 14.3 Å². The second-order valence-electron chi connectivity index (χ2n) is 7.27. The number of carbonyl (C=O) groups is 2. The van der Waals surface area contributed by atoms with Gasteiger partial charge in [0.2, 0.25) is 5.91 Å². The number of benzene rings is 1. The molecule has 28 heavy (non-hydrogen) atoms. The number of amides is 1. The van der Waals surface area contributed by atoms with Crippen LogP contribution in [0.25, 0.3) is 10.2 Å². The summed E-state index contributed by atoms with van der Waals surface area (Å²) in [5.74, 6) is -0.491. The Morgan fingerprint density at radius 2 is 2.04 bits per heavy atom. The van der Waals surface area contributed by atoms with E-state index < -0.39 is 0 Å². The molecule has 150 valence electrons. The molecular formula is C22H28N2O3S. The third-order valence-corrected chi connectivity index (χ3v) is 6.35. The van der Waals surface area contributed by atoms with Crippen LogP contribution in [0.15, 0.2) is 36.9 Å². The number of carbonyl (C=O) groups excluding carboxylic acids is 2. The molecule has 0 aliphatic carbocycles. The van der Waals surface area contributed by atoms with Crippen LogP contribution in [0.5, 0.6) is 0 Å². The van der Waals surface area contributed by atoms with E-state index >= 15 is 0 Å². The van der Waals surface area contributed by atoms with Gasteiger partial charge in [-0.1, -0.05) is 18.2 Å². The number of nitrogens with zero attached hydrogens (tertiary/aromatic N) is 2. The standard InChI is InChI=1S/C22H28N2O3S/c1-3-17(10-9-15-27-16(2)25)20(22(26)24-13-7-4-8-14-24)21-23-18-11-5-6-12-19(18)28-21/h3,5-6,11-12,17,20H,1,4,7-10,13-15H2,2H3/t17-,20+/m1/s1. The summed E-state index contributed by atoms with van der Waals surface area (Å²) in [5, 5.41) is 0.856. The van der Waals surface area contributed by atoms with Crippen molar-refractivity contribution in [3.8, 4) is 0 Å². The molecule has 5 nitrogen and oxygen atoms in total. The highest BCUT2D eigenvalue weighted by Crippen LogP contribution is 2.36. The molecule has 1 aliphatic heterocycles. The molecule has 2 aromatic rings. The zero-order chi connectivity index (χ0) is 19.9. The quantitative estimate of drug-likeness (QED) is 0.371. The summed E-state index contributed by atoms with van der Waals surface area (Å²) in [6, 6.07) is 8.00. The summed E-state index contributed by atoms with van der Waals surface area (Å²) < 4.78 is 6.16. The van der Waals surface area contributed by atoms with E-state index in [-0.39, 0.29) is 23.7 Å². The van der Waals surface area contributed by atoms with Gasteiger partial charge in [0.05, 0.1) is 22.7 Å². The number of aromatic nitrogens is 1. The summed E-state index contributed by atoms with van der Waals surface area (Å²) in [4.78, 5) is 31.3. The Bertz CT molecular complexity index is 793. The van der Waals surface area contributed by atoms with Crippen LogP contribution < -0.4 is 0 Å². The number of fused-ring (bicyclic) bond motifs is 1. The maximum absolute atomic E-state index is 13.5. The van der Waals surface area contributed by atoms with Gasteiger partial charge < -0.3 is 9.64 Å². The highest BCUT2D eigenvalue weighted by atomic mass is 32.1. The van der Waals surface area contributed by atoms with Crippen LogP contribution in [-0.2, 0) is 14.3 Å². The Morgan fingerprint density at radius 3 is 2.71 bits per heavy atom. The second-order valence-corrected chi connectivity index (χ2v) is 8.33. The topological polar surface area (TPSA) is 59.5 Å². The zero-order valence-electron chi connectivity index (χ0n) is 16.4. The highest BCUT2D eigenvalue weighted by Gasteiger charge is 2.34. The molecule has 1 aromatic heterocycles. The van der Waals surface area contributed by atoms with Gasteiger partial charge in [-0.05, 0) is 50.2 Å². The molecule has 6 heteroatoms. The first-order chi connectivity index (χ1) is 13.6. The van der Waals surface area contributed by atoms with Crippen LogP contribution in [-0.4, -0.2) is 41.5 Å². The van der Waals surface area contributed by atoms with E-state index in [4.69, 9.17) is 9.72 Å². The van der Waals surface area contributed by atoms with E-state index in [9.17, 15) is 9.59 Å². The minimum Gasteiger partial charge on any atom is -0.466 e. The van der Waals surface area contributed by atoms with Crippen molar-refractivity contribution in [2.75, 3.05) is 19.7 Å². The van der Waals surface area contributed by atoms with Gasteiger partial charge in [0.15, 0.2) is 0 Å². The first-order valence-electron chi connectivity index (χ1n) is 10.0. The number of thiazole rings is 1. The van der Waals surface area contributed by atoms with Gasteiger partial charge >= 0.3 is 5.97 Å². The molecule has 1 aliphatic rings. The van der Waals surface area contributed by atoms with Crippen molar-refractivity contribution in [1.82, 2.24) is 9.88 Å². The van der Waals surface area contributed by atoms with Gasteiger partial charge in [-0.2, -0.15) is 0 Å². The average molecular weight is 401 g/mol. The molecule has 3 rings (SSSR count). The highest BCUT2D eigenvalue weighted by molar-refractivity contribution is 7.18. The summed E-state index contributed by atoms with van der Waals surface area (Å²) in [6.45, 7) is 7.41. The molecule has 0 radical (unpaired) electrons. The largest absolute Gasteiger partial charge is 0.466 e. The smallest absolute Gasteiger partial charge is 0.302 e. The van der Waals surface area contributed by atoms with Gasteiger partial charge in [0, 0.05) is 20.0 Å². The summed E-state index contributed by atoms with van der Waals surface area (Å²) in [7, 11) is 0. The Kier molecular flexibility index (Phi) is 7.20. The van der Waals surface area contributed by atoms with E-state index in [0.717, 1.165) is 47.6 Å². The Balaban J connectivity index is 1.84. The van der Waals surface area contributed by atoms with E-state index in [1.165, 1.54) is 13.3 Å². The van der Waals surface area contributed by atoms with Crippen molar-refractivity contribution in [3.63, 3.8) is 0 Å². The van der Waals surface area contributed by atoms with E-state index in [1.54, 1.807) is 11.3 Å². The van der Waals surface area contributed by atoms with E-state index in [1.807, 2.05) is 35.2 Å². The number of rotatable bonds is 8. The molecule has 2 atom stereocenters. The number of hydrogen-bond donors (Lipinski definition) is 0. The van der Waals surface area contributed by atoms with Crippen LogP contribution in [0.3, 0.4) is 0 Å². The van der Waals surface area contributed by atoms with Crippen molar-refractivity contribution in [2.24, 2.45) is 5.92 Å². The fourth-order valence-electron chi connectivity index (χ4n) is 3.76. The lowest BCUT2D eigenvalue weighted by molar-refractivity contribution is -0.141. The minimum absolute atomic E-state index is 0.0365. The Morgan fingerprint density at radius 1 is 1.29 bits per heavy atom. The molecule has 1 aromatic carbocycles. The van der Waals surface area contributed by atoms with Crippen molar-refractivity contribution in [3.05, 3.63) is 41.9 Å². The lowest BCUT2D eigenvalue weighted by Crippen LogP contribution is -2.40. The normalized spacial score (nSPS) is 16.5. The molecule has 0 N–H and O–H groups in total. The van der Waals surface area contributed by atoms with Crippen molar-refractivity contribution in [1.29, 1.82) is 0 Å². The number of likely N-dealkylation sites (tertiary alicyclic amines) is 1. The zero-order valence-corrected chi connectivity index (χ0v) is 17.2. The van der Waals surface area contributed by atoms with Gasteiger partial charge in [-0.25, -0.2) is 4.98 Å². The van der Waals surface area contributed by atoms with Crippen LogP contribution >= 0.6 is 11.3 Å². The molecule has 0 saturated carbocycles. The van der Waals surface area contributed by atoms with Crippen LogP contribution in [0.2, 0.25) is 0 Å². The Labute approximate surface area is 170 Å². The van der Waals surface area contributed by atoms with Crippen molar-refractivity contribution >= 4 is 33.4 Å². The molecule has 0 bridgehead atoms. The second kappa shape index (κ2) is 9.82. The maximum atomic E-state index is 13.5. The fourth-order valence-corrected chi connectivity index (χ4v) is 4.90. The minimum atomic E-state index is -0.328. The molecule has 1 saturated heterocycles. The molecule has 0 unspecified atom stereocenters. The van der Waals surface area contributed by atoms with E-state index in [2.05, 4.69) is 6.58 Å². The monoisotopic (exact) mass is 400 g/mol. The SMILES string of the molecule is C=C[C@H](CCCOC(C)=O)[C@H](C(=O)N1CCCCC1)c1nc2ccccc2s1. The number of allylic oxidation sites excluding steroid dienone is 1. The number of para-hydroxylation sites is 1. The molecule has 2 heterocycles. The Hall–Kier alpha value is -2.21. The van der Waals surface area contributed by atoms with Gasteiger partial charge in [0.25, 0.3) is 0 Å². The first kappa shape index (κ1) is 20.5.